The maximum Gasteiger partial charge on any atom is 0.242 e. The van der Waals surface area contributed by atoms with E-state index in [1.807, 2.05) is 44.2 Å². The highest BCUT2D eigenvalue weighted by Crippen LogP contribution is 2.31. The summed E-state index contributed by atoms with van der Waals surface area (Å²) in [6.07, 6.45) is 0. The maximum atomic E-state index is 12.1. The van der Waals surface area contributed by atoms with Gasteiger partial charge in [0.2, 0.25) is 5.91 Å². The van der Waals surface area contributed by atoms with Gasteiger partial charge in [-0.05, 0) is 30.4 Å². The van der Waals surface area contributed by atoms with E-state index in [1.54, 1.807) is 16.2 Å². The van der Waals surface area contributed by atoms with Gasteiger partial charge in [0, 0.05) is 4.88 Å². The predicted octanol–water partition coefficient (Wildman–Crippen LogP) is 4.14. The molecule has 1 aromatic carbocycles. The monoisotopic (exact) mass is 293 g/mol. The smallest absolute Gasteiger partial charge is 0.242 e. The third-order valence-corrected chi connectivity index (χ3v) is 4.24. The second-order valence-electron chi connectivity index (χ2n) is 4.42. The van der Waals surface area contributed by atoms with Gasteiger partial charge in [-0.2, -0.15) is 0 Å². The Morgan fingerprint density at radius 3 is 2.47 bits per heavy atom. The lowest BCUT2D eigenvalue weighted by atomic mass is 10.1. The second-order valence-corrected chi connectivity index (χ2v) is 5.77. The fourth-order valence-electron chi connectivity index (χ4n) is 2.10. The standard InChI is InChI=1S/C15H16ClNOS/c1-11-10-19-12(2)15(11)17(14(18)8-16)9-13-6-4-3-5-7-13/h3-7,10H,8-9H2,1-2H3. The van der Waals surface area contributed by atoms with Gasteiger partial charge in [-0.15, -0.1) is 22.9 Å². The summed E-state index contributed by atoms with van der Waals surface area (Å²) in [4.78, 5) is 15.0. The summed E-state index contributed by atoms with van der Waals surface area (Å²) in [5.74, 6) is -0.0585. The molecule has 0 saturated carbocycles. The highest BCUT2D eigenvalue weighted by atomic mass is 35.5. The van der Waals surface area contributed by atoms with Crippen LogP contribution in [0.4, 0.5) is 5.69 Å². The quantitative estimate of drug-likeness (QED) is 0.776. The largest absolute Gasteiger partial charge is 0.306 e. The first-order chi connectivity index (χ1) is 9.13. The molecule has 0 atom stereocenters. The summed E-state index contributed by atoms with van der Waals surface area (Å²) in [7, 11) is 0. The zero-order valence-electron chi connectivity index (χ0n) is 11.0. The molecule has 1 aromatic heterocycles. The molecule has 100 valence electrons. The van der Waals surface area contributed by atoms with E-state index in [-0.39, 0.29) is 11.8 Å². The maximum absolute atomic E-state index is 12.1. The van der Waals surface area contributed by atoms with Gasteiger partial charge in [0.15, 0.2) is 0 Å². The van der Waals surface area contributed by atoms with Crippen molar-refractivity contribution < 1.29 is 4.79 Å². The van der Waals surface area contributed by atoms with Crippen molar-refractivity contribution >= 4 is 34.5 Å². The number of aryl methyl sites for hydroxylation is 2. The lowest BCUT2D eigenvalue weighted by Crippen LogP contribution is -2.32. The van der Waals surface area contributed by atoms with Gasteiger partial charge >= 0.3 is 0 Å². The predicted molar refractivity (Wildman–Crippen MR) is 82.1 cm³/mol. The highest BCUT2D eigenvalue weighted by molar-refractivity contribution is 7.10. The minimum absolute atomic E-state index is 0.00155. The number of thiophene rings is 1. The summed E-state index contributed by atoms with van der Waals surface area (Å²) >= 11 is 7.41. The Hall–Kier alpha value is -1.32. The number of rotatable bonds is 4. The molecule has 2 aromatic rings. The zero-order valence-corrected chi connectivity index (χ0v) is 12.6. The van der Waals surface area contributed by atoms with Crippen molar-refractivity contribution in [2.45, 2.75) is 20.4 Å². The van der Waals surface area contributed by atoms with Crippen LogP contribution < -0.4 is 4.90 Å². The molecule has 0 bridgehead atoms. The van der Waals surface area contributed by atoms with E-state index in [0.717, 1.165) is 21.7 Å². The normalized spacial score (nSPS) is 10.5. The van der Waals surface area contributed by atoms with Gasteiger partial charge in [-0.1, -0.05) is 30.3 Å². The average molecular weight is 294 g/mol. The van der Waals surface area contributed by atoms with Crippen LogP contribution in [0.5, 0.6) is 0 Å². The van der Waals surface area contributed by atoms with Crippen molar-refractivity contribution in [3.63, 3.8) is 0 Å². The number of anilines is 1. The number of alkyl halides is 1. The molecule has 0 radical (unpaired) electrons. The number of hydrogen-bond acceptors (Lipinski definition) is 2. The highest BCUT2D eigenvalue weighted by Gasteiger charge is 2.20. The van der Waals surface area contributed by atoms with Crippen LogP contribution in [0.25, 0.3) is 0 Å². The van der Waals surface area contributed by atoms with Crippen molar-refractivity contribution in [3.05, 3.63) is 51.7 Å². The van der Waals surface area contributed by atoms with Crippen LogP contribution in [-0.4, -0.2) is 11.8 Å². The molecule has 0 N–H and O–H groups in total. The summed E-state index contributed by atoms with van der Waals surface area (Å²) in [6, 6.07) is 9.97. The Morgan fingerprint density at radius 2 is 1.95 bits per heavy atom. The fourth-order valence-corrected chi connectivity index (χ4v) is 3.09. The van der Waals surface area contributed by atoms with E-state index in [2.05, 4.69) is 5.38 Å². The van der Waals surface area contributed by atoms with Crippen LogP contribution in [0.1, 0.15) is 16.0 Å². The molecule has 2 nitrogen and oxygen atoms in total. The molecule has 4 heteroatoms. The molecule has 0 aliphatic heterocycles. The number of amides is 1. The van der Waals surface area contributed by atoms with Crippen LogP contribution in [0.15, 0.2) is 35.7 Å². The lowest BCUT2D eigenvalue weighted by molar-refractivity contribution is -0.116. The SMILES string of the molecule is Cc1csc(C)c1N(Cc1ccccc1)C(=O)CCl. The summed E-state index contributed by atoms with van der Waals surface area (Å²) in [5, 5.41) is 2.07. The number of carbonyl (C=O) groups excluding carboxylic acids is 1. The first-order valence-electron chi connectivity index (χ1n) is 6.08. The third-order valence-electron chi connectivity index (χ3n) is 2.99. The van der Waals surface area contributed by atoms with E-state index in [0.29, 0.717) is 6.54 Å². The van der Waals surface area contributed by atoms with Crippen LogP contribution >= 0.6 is 22.9 Å². The number of halogens is 1. The first kappa shape index (κ1) is 14.1. The summed E-state index contributed by atoms with van der Waals surface area (Å²) in [6.45, 7) is 4.62. The lowest BCUT2D eigenvalue weighted by Gasteiger charge is -2.23. The molecule has 19 heavy (non-hydrogen) atoms. The average Bonchev–Trinajstić information content (AvgIpc) is 2.76. The van der Waals surface area contributed by atoms with E-state index in [1.165, 1.54) is 0 Å². The van der Waals surface area contributed by atoms with Crippen molar-refractivity contribution in [1.82, 2.24) is 0 Å². The van der Waals surface area contributed by atoms with E-state index in [9.17, 15) is 4.79 Å². The molecule has 1 heterocycles. The molecule has 2 rings (SSSR count). The minimum Gasteiger partial charge on any atom is -0.306 e. The molecule has 0 aliphatic carbocycles. The molecular weight excluding hydrogens is 278 g/mol. The zero-order chi connectivity index (χ0) is 13.8. The number of carbonyl (C=O) groups is 1. The van der Waals surface area contributed by atoms with Gasteiger partial charge in [0.05, 0.1) is 12.2 Å². The number of hydrogen-bond donors (Lipinski definition) is 0. The Bertz CT molecular complexity index is 545. The minimum atomic E-state index is -0.0601. The van der Waals surface area contributed by atoms with Crippen molar-refractivity contribution in [2.24, 2.45) is 0 Å². The molecule has 0 saturated heterocycles. The fraction of sp³-hybridized carbons (Fsp3) is 0.267. The van der Waals surface area contributed by atoms with Gasteiger partial charge in [-0.3, -0.25) is 4.79 Å². The van der Waals surface area contributed by atoms with E-state index in [4.69, 9.17) is 11.6 Å². The Balaban J connectivity index is 2.35. The van der Waals surface area contributed by atoms with E-state index < -0.39 is 0 Å². The molecule has 0 aliphatic rings. The topological polar surface area (TPSA) is 20.3 Å². The molecule has 0 fully saturated rings. The van der Waals surface area contributed by atoms with Crippen LogP contribution in [0, 0.1) is 13.8 Å². The number of nitrogens with zero attached hydrogens (tertiary/aromatic N) is 1. The summed E-state index contributed by atoms with van der Waals surface area (Å²) in [5.41, 5.74) is 3.22. The van der Waals surface area contributed by atoms with Crippen LogP contribution in [0.2, 0.25) is 0 Å². The Morgan fingerprint density at radius 1 is 1.26 bits per heavy atom. The van der Waals surface area contributed by atoms with Crippen LogP contribution in [0.3, 0.4) is 0 Å². The second kappa shape index (κ2) is 6.22. The van der Waals surface area contributed by atoms with Crippen molar-refractivity contribution in [2.75, 3.05) is 10.8 Å². The molecule has 0 unspecified atom stereocenters. The van der Waals surface area contributed by atoms with Crippen LogP contribution in [-0.2, 0) is 11.3 Å². The van der Waals surface area contributed by atoms with Crippen molar-refractivity contribution in [3.8, 4) is 0 Å². The number of benzene rings is 1. The van der Waals surface area contributed by atoms with Crippen molar-refractivity contribution in [1.29, 1.82) is 0 Å². The molecular formula is C15H16ClNOS. The Kier molecular flexibility index (Phi) is 4.61. The van der Waals surface area contributed by atoms with Gasteiger partial charge < -0.3 is 4.90 Å². The van der Waals surface area contributed by atoms with E-state index >= 15 is 0 Å². The summed E-state index contributed by atoms with van der Waals surface area (Å²) < 4.78 is 0. The Labute approximate surface area is 122 Å². The molecule has 0 spiro atoms. The van der Waals surface area contributed by atoms with Gasteiger partial charge in [0.25, 0.3) is 0 Å². The first-order valence-corrected chi connectivity index (χ1v) is 7.50. The van der Waals surface area contributed by atoms with Gasteiger partial charge in [-0.25, -0.2) is 0 Å². The third kappa shape index (κ3) is 3.17. The molecule has 1 amide bonds. The van der Waals surface area contributed by atoms with Gasteiger partial charge in [0.1, 0.15) is 5.88 Å².